The highest BCUT2D eigenvalue weighted by molar-refractivity contribution is 4.74. The molecule has 0 aromatic carbocycles. The van der Waals surface area contributed by atoms with Crippen LogP contribution in [0.2, 0.25) is 0 Å². The molecule has 1 aliphatic heterocycles. The lowest BCUT2D eigenvalue weighted by molar-refractivity contribution is -0.0288. The predicted molar refractivity (Wildman–Crippen MR) is 93.0 cm³/mol. The summed E-state index contributed by atoms with van der Waals surface area (Å²) in [5.74, 6) is 0.711. The number of ether oxygens (including phenoxy) is 1. The van der Waals surface area contributed by atoms with Crippen LogP contribution in [0.1, 0.15) is 41.0 Å². The van der Waals surface area contributed by atoms with E-state index < -0.39 is 0 Å². The van der Waals surface area contributed by atoms with E-state index in [2.05, 4.69) is 42.9 Å². The van der Waals surface area contributed by atoms with Gasteiger partial charge in [-0.2, -0.15) is 0 Å². The third kappa shape index (κ3) is 11.1. The smallest absolute Gasteiger partial charge is 0.0826 e. The van der Waals surface area contributed by atoms with Crippen LogP contribution in [0.4, 0.5) is 0 Å². The summed E-state index contributed by atoms with van der Waals surface area (Å²) >= 11 is 0. The molecule has 1 N–H and O–H groups in total. The second-order valence-electron chi connectivity index (χ2n) is 6.15. The van der Waals surface area contributed by atoms with Crippen LogP contribution in [0.15, 0.2) is 0 Å². The lowest BCUT2D eigenvalue weighted by Gasteiger charge is -2.34. The van der Waals surface area contributed by atoms with Crippen molar-refractivity contribution >= 4 is 0 Å². The van der Waals surface area contributed by atoms with Crippen LogP contribution in [0, 0.1) is 5.92 Å². The highest BCUT2D eigenvalue weighted by Crippen LogP contribution is 2.04. The minimum Gasteiger partial charge on any atom is -0.374 e. The molecule has 0 aromatic rings. The van der Waals surface area contributed by atoms with Crippen molar-refractivity contribution in [3.05, 3.63) is 0 Å². The molecule has 0 saturated carbocycles. The Kier molecular flexibility index (Phi) is 13.4. The molecule has 0 spiro atoms. The Morgan fingerprint density at radius 3 is 2.62 bits per heavy atom. The van der Waals surface area contributed by atoms with Crippen molar-refractivity contribution in [1.29, 1.82) is 0 Å². The van der Waals surface area contributed by atoms with Crippen molar-refractivity contribution in [2.45, 2.75) is 47.1 Å². The monoisotopic (exact) mass is 301 g/mol. The molecular formula is C17H39N3O. The summed E-state index contributed by atoms with van der Waals surface area (Å²) in [6.07, 6.45) is 1.60. The maximum absolute atomic E-state index is 5.83. The van der Waals surface area contributed by atoms with Gasteiger partial charge in [-0.15, -0.1) is 0 Å². The average molecular weight is 302 g/mol. The minimum absolute atomic E-state index is 0.365. The maximum atomic E-state index is 5.83. The summed E-state index contributed by atoms with van der Waals surface area (Å²) < 4.78 is 5.83. The van der Waals surface area contributed by atoms with Crippen LogP contribution in [-0.2, 0) is 4.74 Å². The number of likely N-dealkylation sites (N-methyl/N-ethyl adjacent to an activating group) is 1. The fraction of sp³-hybridized carbons (Fsp3) is 1.00. The molecule has 1 aliphatic rings. The highest BCUT2D eigenvalue weighted by Gasteiger charge is 2.20. The largest absolute Gasteiger partial charge is 0.374 e. The van der Waals surface area contributed by atoms with Gasteiger partial charge in [0.05, 0.1) is 12.7 Å². The third-order valence-corrected chi connectivity index (χ3v) is 3.55. The molecule has 4 nitrogen and oxygen atoms in total. The first-order valence-corrected chi connectivity index (χ1v) is 8.85. The zero-order valence-electron chi connectivity index (χ0n) is 15.3. The molecule has 0 amide bonds. The van der Waals surface area contributed by atoms with Gasteiger partial charge in [-0.05, 0) is 32.5 Å². The normalized spacial score (nSPS) is 19.7. The van der Waals surface area contributed by atoms with E-state index in [0.29, 0.717) is 12.0 Å². The van der Waals surface area contributed by atoms with Crippen molar-refractivity contribution in [1.82, 2.24) is 15.1 Å². The minimum atomic E-state index is 0.365. The Bertz CT molecular complexity index is 224. The van der Waals surface area contributed by atoms with Crippen molar-refractivity contribution in [2.24, 2.45) is 5.92 Å². The number of nitrogens with zero attached hydrogens (tertiary/aromatic N) is 2. The van der Waals surface area contributed by atoms with E-state index >= 15 is 0 Å². The Balaban J connectivity index is 0.00000191. The number of morpholine rings is 1. The maximum Gasteiger partial charge on any atom is 0.0826 e. The van der Waals surface area contributed by atoms with E-state index in [0.717, 1.165) is 32.8 Å². The topological polar surface area (TPSA) is 27.7 Å². The molecule has 0 bridgehead atoms. The second kappa shape index (κ2) is 13.5. The number of nitrogens with one attached hydrogen (secondary N) is 1. The summed E-state index contributed by atoms with van der Waals surface area (Å²) in [6.45, 7) is 19.4. The molecule has 0 aromatic heterocycles. The summed E-state index contributed by atoms with van der Waals surface area (Å²) in [5, 5.41) is 3.50. The highest BCUT2D eigenvalue weighted by atomic mass is 16.5. The number of hydrogen-bond acceptors (Lipinski definition) is 4. The standard InChI is InChI=1S/C15H33N3O.C2H6/c1-5-6-17(4)7-8-18-9-10-19-15(13-18)12-16-11-14(2)3;1-2/h14-16H,5-13H2,1-4H3;1-2H3. The molecule has 0 radical (unpaired) electrons. The molecule has 1 unspecified atom stereocenters. The second-order valence-corrected chi connectivity index (χ2v) is 6.15. The fourth-order valence-electron chi connectivity index (χ4n) is 2.45. The van der Waals surface area contributed by atoms with Gasteiger partial charge in [0.15, 0.2) is 0 Å². The molecule has 1 rings (SSSR count). The van der Waals surface area contributed by atoms with Crippen molar-refractivity contribution < 1.29 is 4.74 Å². The number of hydrogen-bond donors (Lipinski definition) is 1. The Morgan fingerprint density at radius 2 is 2.00 bits per heavy atom. The van der Waals surface area contributed by atoms with Crippen LogP contribution in [0.3, 0.4) is 0 Å². The molecule has 21 heavy (non-hydrogen) atoms. The first-order chi connectivity index (χ1) is 10.1. The van der Waals surface area contributed by atoms with Crippen LogP contribution in [0.5, 0.6) is 0 Å². The average Bonchev–Trinajstić information content (AvgIpc) is 2.48. The molecule has 1 fully saturated rings. The molecule has 0 aliphatic carbocycles. The van der Waals surface area contributed by atoms with Gasteiger partial charge in [-0.3, -0.25) is 4.90 Å². The summed E-state index contributed by atoms with van der Waals surface area (Å²) in [4.78, 5) is 4.96. The van der Waals surface area contributed by atoms with Crippen molar-refractivity contribution in [3.63, 3.8) is 0 Å². The zero-order valence-corrected chi connectivity index (χ0v) is 15.3. The van der Waals surface area contributed by atoms with Crippen LogP contribution in [0.25, 0.3) is 0 Å². The third-order valence-electron chi connectivity index (χ3n) is 3.55. The first kappa shape index (κ1) is 20.8. The quantitative estimate of drug-likeness (QED) is 0.707. The van der Waals surface area contributed by atoms with E-state index in [9.17, 15) is 0 Å². The van der Waals surface area contributed by atoms with Gasteiger partial charge >= 0.3 is 0 Å². The lowest BCUT2D eigenvalue weighted by Crippen LogP contribution is -2.48. The van der Waals surface area contributed by atoms with Gasteiger partial charge in [-0.25, -0.2) is 0 Å². The van der Waals surface area contributed by atoms with Crippen LogP contribution in [-0.4, -0.2) is 75.4 Å². The van der Waals surface area contributed by atoms with Crippen molar-refractivity contribution in [3.8, 4) is 0 Å². The Labute approximate surface area is 133 Å². The molecule has 1 atom stereocenters. The van der Waals surface area contributed by atoms with E-state index in [-0.39, 0.29) is 0 Å². The van der Waals surface area contributed by atoms with Gasteiger partial charge < -0.3 is 15.0 Å². The zero-order chi connectivity index (χ0) is 16.1. The molecular weight excluding hydrogens is 262 g/mol. The van der Waals surface area contributed by atoms with Crippen molar-refractivity contribution in [2.75, 3.05) is 59.5 Å². The van der Waals surface area contributed by atoms with E-state index in [4.69, 9.17) is 4.74 Å². The van der Waals surface area contributed by atoms with E-state index in [1.807, 2.05) is 13.8 Å². The molecule has 4 heteroatoms. The summed E-state index contributed by atoms with van der Waals surface area (Å²) in [7, 11) is 2.21. The van der Waals surface area contributed by atoms with Crippen LogP contribution < -0.4 is 5.32 Å². The Hall–Kier alpha value is -0.160. The van der Waals surface area contributed by atoms with Crippen LogP contribution >= 0.6 is 0 Å². The van der Waals surface area contributed by atoms with Gasteiger partial charge in [0.25, 0.3) is 0 Å². The first-order valence-electron chi connectivity index (χ1n) is 8.85. The Morgan fingerprint density at radius 1 is 1.29 bits per heavy atom. The van der Waals surface area contributed by atoms with E-state index in [1.165, 1.54) is 26.1 Å². The van der Waals surface area contributed by atoms with Gasteiger partial charge in [0, 0.05) is 32.7 Å². The van der Waals surface area contributed by atoms with Gasteiger partial charge in [-0.1, -0.05) is 34.6 Å². The predicted octanol–water partition coefficient (Wildman–Crippen LogP) is 2.30. The summed E-state index contributed by atoms with van der Waals surface area (Å²) in [6, 6.07) is 0. The lowest BCUT2D eigenvalue weighted by atomic mass is 10.2. The van der Waals surface area contributed by atoms with Gasteiger partial charge in [0.1, 0.15) is 0 Å². The molecule has 128 valence electrons. The number of rotatable bonds is 9. The fourth-order valence-corrected chi connectivity index (χ4v) is 2.45. The molecule has 1 saturated heterocycles. The molecule has 1 heterocycles. The summed E-state index contributed by atoms with van der Waals surface area (Å²) in [5.41, 5.74) is 0. The van der Waals surface area contributed by atoms with E-state index in [1.54, 1.807) is 0 Å². The SMILES string of the molecule is CC.CCCN(C)CCN1CCOC(CNCC(C)C)C1. The van der Waals surface area contributed by atoms with Gasteiger partial charge in [0.2, 0.25) is 0 Å².